The Labute approximate surface area is 116 Å². The molecule has 3 nitrogen and oxygen atoms in total. The lowest BCUT2D eigenvalue weighted by Gasteiger charge is -2.24. The Morgan fingerprint density at radius 1 is 1.16 bits per heavy atom. The molecule has 1 aromatic rings. The Balaban J connectivity index is 2.69. The van der Waals surface area contributed by atoms with Crippen LogP contribution in [0.5, 0.6) is 0 Å². The summed E-state index contributed by atoms with van der Waals surface area (Å²) < 4.78 is 0. The second kappa shape index (κ2) is 6.09. The van der Waals surface area contributed by atoms with Crippen molar-refractivity contribution in [3.8, 4) is 0 Å². The zero-order chi connectivity index (χ0) is 14.6. The lowest BCUT2D eigenvalue weighted by Crippen LogP contribution is -2.47. The number of rotatable bonds is 4. The van der Waals surface area contributed by atoms with Gasteiger partial charge in [0.1, 0.15) is 6.04 Å². The first-order valence-electron chi connectivity index (χ1n) is 6.87. The molecule has 2 N–H and O–H groups in total. The summed E-state index contributed by atoms with van der Waals surface area (Å²) in [7, 11) is 0. The van der Waals surface area contributed by atoms with E-state index in [1.807, 2.05) is 39.8 Å². The third-order valence-corrected chi connectivity index (χ3v) is 2.83. The van der Waals surface area contributed by atoms with Gasteiger partial charge in [0.05, 0.1) is 0 Å². The lowest BCUT2D eigenvalue weighted by atomic mass is 10.0. The zero-order valence-corrected chi connectivity index (χ0v) is 12.9. The fourth-order valence-electron chi connectivity index (χ4n) is 1.78. The molecule has 0 aliphatic heterocycles. The third kappa shape index (κ3) is 5.33. The van der Waals surface area contributed by atoms with Crippen molar-refractivity contribution in [1.29, 1.82) is 0 Å². The molecular formula is C16H26N2O. The van der Waals surface area contributed by atoms with Crippen LogP contribution in [0.1, 0.15) is 53.0 Å². The maximum Gasteiger partial charge on any atom is 0.242 e. The van der Waals surface area contributed by atoms with Gasteiger partial charge in [0.25, 0.3) is 0 Å². The number of hydrogen-bond donors (Lipinski definition) is 2. The normalized spacial score (nSPS) is 13.2. The summed E-state index contributed by atoms with van der Waals surface area (Å²) in [6.07, 6.45) is 0. The number of carbonyl (C=O) groups is 1. The van der Waals surface area contributed by atoms with Gasteiger partial charge in [-0.05, 0) is 51.3 Å². The molecule has 0 bridgehead atoms. The summed E-state index contributed by atoms with van der Waals surface area (Å²) in [6.45, 7) is 12.2. The molecule has 0 aliphatic carbocycles. The highest BCUT2D eigenvalue weighted by atomic mass is 16.2. The number of amides is 1. The first-order valence-corrected chi connectivity index (χ1v) is 6.87. The minimum atomic E-state index is -0.248. The van der Waals surface area contributed by atoms with Gasteiger partial charge < -0.3 is 10.6 Å². The first-order chi connectivity index (χ1) is 8.69. The van der Waals surface area contributed by atoms with Crippen molar-refractivity contribution < 1.29 is 4.79 Å². The van der Waals surface area contributed by atoms with E-state index in [0.29, 0.717) is 5.92 Å². The molecule has 0 fully saturated rings. The van der Waals surface area contributed by atoms with Crippen LogP contribution < -0.4 is 10.6 Å². The van der Waals surface area contributed by atoms with Crippen LogP contribution in [0.4, 0.5) is 5.69 Å². The topological polar surface area (TPSA) is 41.1 Å². The van der Waals surface area contributed by atoms with E-state index >= 15 is 0 Å². The van der Waals surface area contributed by atoms with E-state index in [4.69, 9.17) is 0 Å². The smallest absolute Gasteiger partial charge is 0.242 e. The molecule has 0 radical (unpaired) electrons. The van der Waals surface area contributed by atoms with Crippen molar-refractivity contribution in [2.24, 2.45) is 0 Å². The van der Waals surface area contributed by atoms with Gasteiger partial charge in [0, 0.05) is 11.2 Å². The molecule has 0 saturated carbocycles. The van der Waals surface area contributed by atoms with E-state index in [0.717, 1.165) is 5.69 Å². The van der Waals surface area contributed by atoms with Crippen molar-refractivity contribution in [2.45, 2.75) is 59.0 Å². The molecule has 0 aromatic heterocycles. The van der Waals surface area contributed by atoms with Gasteiger partial charge >= 0.3 is 0 Å². The molecule has 19 heavy (non-hydrogen) atoms. The standard InChI is InChI=1S/C16H26N2O/c1-11(2)13-8-7-9-14(10-13)17-12(3)15(19)18-16(4,5)6/h7-12,17H,1-6H3,(H,18,19). The average molecular weight is 262 g/mol. The van der Waals surface area contributed by atoms with Crippen LogP contribution in [0.2, 0.25) is 0 Å². The molecule has 1 amide bonds. The zero-order valence-electron chi connectivity index (χ0n) is 12.9. The van der Waals surface area contributed by atoms with Gasteiger partial charge in [-0.1, -0.05) is 26.0 Å². The Morgan fingerprint density at radius 3 is 2.32 bits per heavy atom. The van der Waals surface area contributed by atoms with Gasteiger partial charge in [-0.25, -0.2) is 0 Å². The van der Waals surface area contributed by atoms with Crippen molar-refractivity contribution in [1.82, 2.24) is 5.32 Å². The van der Waals surface area contributed by atoms with E-state index in [1.54, 1.807) is 0 Å². The summed E-state index contributed by atoms with van der Waals surface area (Å²) in [5, 5.41) is 6.22. The highest BCUT2D eigenvalue weighted by Crippen LogP contribution is 2.19. The Bertz CT molecular complexity index is 433. The van der Waals surface area contributed by atoms with E-state index in [9.17, 15) is 4.79 Å². The van der Waals surface area contributed by atoms with Crippen molar-refractivity contribution in [3.05, 3.63) is 29.8 Å². The quantitative estimate of drug-likeness (QED) is 0.871. The summed E-state index contributed by atoms with van der Waals surface area (Å²) in [5.74, 6) is 0.503. The largest absolute Gasteiger partial charge is 0.374 e. The lowest BCUT2D eigenvalue weighted by molar-refractivity contribution is -0.122. The van der Waals surface area contributed by atoms with Gasteiger partial charge in [-0.3, -0.25) is 4.79 Å². The number of nitrogens with one attached hydrogen (secondary N) is 2. The van der Waals surface area contributed by atoms with Gasteiger partial charge in [0.2, 0.25) is 5.91 Å². The Hall–Kier alpha value is -1.51. The maximum atomic E-state index is 12.0. The van der Waals surface area contributed by atoms with Crippen molar-refractivity contribution >= 4 is 11.6 Å². The minimum absolute atomic E-state index is 0.0162. The Morgan fingerprint density at radius 2 is 1.79 bits per heavy atom. The van der Waals surface area contributed by atoms with Gasteiger partial charge in [-0.2, -0.15) is 0 Å². The fraction of sp³-hybridized carbons (Fsp3) is 0.562. The molecule has 0 heterocycles. The number of carbonyl (C=O) groups excluding carboxylic acids is 1. The first kappa shape index (κ1) is 15.5. The molecular weight excluding hydrogens is 236 g/mol. The molecule has 1 rings (SSSR count). The van der Waals surface area contributed by atoms with Crippen LogP contribution in [0.25, 0.3) is 0 Å². The predicted molar refractivity (Wildman–Crippen MR) is 81.5 cm³/mol. The van der Waals surface area contributed by atoms with Crippen molar-refractivity contribution in [2.75, 3.05) is 5.32 Å². The second-order valence-corrected chi connectivity index (χ2v) is 6.39. The third-order valence-electron chi connectivity index (χ3n) is 2.83. The summed E-state index contributed by atoms with van der Waals surface area (Å²) in [5.41, 5.74) is 2.06. The SMILES string of the molecule is CC(Nc1cccc(C(C)C)c1)C(=O)NC(C)(C)C. The highest BCUT2D eigenvalue weighted by molar-refractivity contribution is 5.84. The summed E-state index contributed by atoms with van der Waals surface area (Å²) in [6, 6.07) is 7.97. The van der Waals surface area contributed by atoms with E-state index in [2.05, 4.69) is 36.6 Å². The van der Waals surface area contributed by atoms with Gasteiger partial charge in [0.15, 0.2) is 0 Å². The Kier molecular flexibility index (Phi) is 4.98. The average Bonchev–Trinajstić information content (AvgIpc) is 2.27. The highest BCUT2D eigenvalue weighted by Gasteiger charge is 2.19. The number of benzene rings is 1. The van der Waals surface area contributed by atoms with Crippen LogP contribution >= 0.6 is 0 Å². The monoisotopic (exact) mass is 262 g/mol. The van der Waals surface area contributed by atoms with Crippen LogP contribution in [0.3, 0.4) is 0 Å². The van der Waals surface area contributed by atoms with Crippen molar-refractivity contribution in [3.63, 3.8) is 0 Å². The predicted octanol–water partition coefficient (Wildman–Crippen LogP) is 3.53. The molecule has 0 aliphatic rings. The number of hydrogen-bond acceptors (Lipinski definition) is 2. The van der Waals surface area contributed by atoms with E-state index < -0.39 is 0 Å². The molecule has 0 saturated heterocycles. The maximum absolute atomic E-state index is 12.0. The van der Waals surface area contributed by atoms with E-state index in [1.165, 1.54) is 5.56 Å². The van der Waals surface area contributed by atoms with Crippen LogP contribution in [-0.4, -0.2) is 17.5 Å². The van der Waals surface area contributed by atoms with Gasteiger partial charge in [-0.15, -0.1) is 0 Å². The van der Waals surface area contributed by atoms with Crippen LogP contribution in [0, 0.1) is 0 Å². The van der Waals surface area contributed by atoms with Crippen LogP contribution in [-0.2, 0) is 4.79 Å². The molecule has 1 unspecified atom stereocenters. The molecule has 3 heteroatoms. The van der Waals surface area contributed by atoms with E-state index in [-0.39, 0.29) is 17.5 Å². The number of anilines is 1. The molecule has 106 valence electrons. The fourth-order valence-corrected chi connectivity index (χ4v) is 1.78. The summed E-state index contributed by atoms with van der Waals surface area (Å²) in [4.78, 5) is 12.0. The summed E-state index contributed by atoms with van der Waals surface area (Å²) >= 11 is 0. The second-order valence-electron chi connectivity index (χ2n) is 6.39. The van der Waals surface area contributed by atoms with Crippen LogP contribution in [0.15, 0.2) is 24.3 Å². The molecule has 1 aromatic carbocycles. The molecule has 0 spiro atoms. The minimum Gasteiger partial charge on any atom is -0.374 e. The molecule has 1 atom stereocenters.